The summed E-state index contributed by atoms with van der Waals surface area (Å²) in [6.07, 6.45) is 2.46. The molecule has 0 aliphatic carbocycles. The number of rotatable bonds is 6. The van der Waals surface area contributed by atoms with E-state index in [0.717, 1.165) is 23.1 Å². The average Bonchev–Trinajstić information content (AvgIpc) is 2.86. The third-order valence-electron chi connectivity index (χ3n) is 3.84. The molecule has 1 aromatic carbocycles. The first-order valence-corrected chi connectivity index (χ1v) is 7.78. The summed E-state index contributed by atoms with van der Waals surface area (Å²) in [5, 5.41) is 14.4. The highest BCUT2D eigenvalue weighted by Gasteiger charge is 2.22. The molecular formula is C14H20BrN3O2. The number of likely N-dealkylation sites (tertiary alicyclic amines) is 1. The van der Waals surface area contributed by atoms with Crippen LogP contribution in [-0.2, 0) is 6.54 Å². The Morgan fingerprint density at radius 2 is 2.35 bits per heavy atom. The topological polar surface area (TPSA) is 58.4 Å². The predicted octanol–water partition coefficient (Wildman–Crippen LogP) is 2.93. The standard InChI is InChI=1S/C14H20BrN3O2/c1-2-17-7-3-4-13(17)10-16-9-11-8-12(15)5-6-14(11)18(19)20/h5-6,8,13,16H,2-4,7,9-10H2,1H3. The lowest BCUT2D eigenvalue weighted by Gasteiger charge is -2.23. The highest BCUT2D eigenvalue weighted by atomic mass is 79.9. The summed E-state index contributed by atoms with van der Waals surface area (Å²) in [6, 6.07) is 5.63. The Morgan fingerprint density at radius 3 is 3.05 bits per heavy atom. The number of nitrogens with zero attached hydrogens (tertiary/aromatic N) is 2. The Hall–Kier alpha value is -0.980. The summed E-state index contributed by atoms with van der Waals surface area (Å²) in [5.41, 5.74) is 0.907. The van der Waals surface area contributed by atoms with Gasteiger partial charge in [0.05, 0.1) is 4.92 Å². The molecule has 0 radical (unpaired) electrons. The zero-order valence-corrected chi connectivity index (χ0v) is 13.2. The van der Waals surface area contributed by atoms with Crippen LogP contribution >= 0.6 is 15.9 Å². The van der Waals surface area contributed by atoms with E-state index in [1.54, 1.807) is 12.1 Å². The van der Waals surface area contributed by atoms with E-state index >= 15 is 0 Å². The highest BCUT2D eigenvalue weighted by molar-refractivity contribution is 9.10. The molecule has 1 unspecified atom stereocenters. The zero-order valence-electron chi connectivity index (χ0n) is 11.6. The van der Waals surface area contributed by atoms with Crippen LogP contribution in [0, 0.1) is 10.1 Å². The predicted molar refractivity (Wildman–Crippen MR) is 82.8 cm³/mol. The lowest BCUT2D eigenvalue weighted by Crippen LogP contribution is -2.37. The van der Waals surface area contributed by atoms with E-state index < -0.39 is 0 Å². The number of nitrogens with one attached hydrogen (secondary N) is 1. The van der Waals surface area contributed by atoms with Crippen molar-refractivity contribution in [3.63, 3.8) is 0 Å². The molecule has 110 valence electrons. The van der Waals surface area contributed by atoms with Gasteiger partial charge in [0.25, 0.3) is 5.69 Å². The Bertz CT molecular complexity index is 481. The van der Waals surface area contributed by atoms with Crippen LogP contribution in [0.25, 0.3) is 0 Å². The van der Waals surface area contributed by atoms with Crippen molar-refractivity contribution >= 4 is 21.6 Å². The van der Waals surface area contributed by atoms with Crippen LogP contribution < -0.4 is 5.32 Å². The zero-order chi connectivity index (χ0) is 14.5. The van der Waals surface area contributed by atoms with Crippen molar-refractivity contribution in [3.05, 3.63) is 38.3 Å². The fourth-order valence-electron chi connectivity index (χ4n) is 2.79. The molecule has 1 aliphatic rings. The second-order valence-electron chi connectivity index (χ2n) is 5.09. The fraction of sp³-hybridized carbons (Fsp3) is 0.571. The summed E-state index contributed by atoms with van der Waals surface area (Å²) in [7, 11) is 0. The van der Waals surface area contributed by atoms with Gasteiger partial charge in [-0.15, -0.1) is 0 Å². The number of hydrogen-bond acceptors (Lipinski definition) is 4. The second-order valence-corrected chi connectivity index (χ2v) is 6.00. The van der Waals surface area contributed by atoms with Gasteiger partial charge in [-0.05, 0) is 38.1 Å². The first kappa shape index (κ1) is 15.4. The molecule has 2 rings (SSSR count). The van der Waals surface area contributed by atoms with Gasteiger partial charge in [-0.3, -0.25) is 15.0 Å². The summed E-state index contributed by atoms with van der Waals surface area (Å²) in [4.78, 5) is 13.1. The Morgan fingerprint density at radius 1 is 1.55 bits per heavy atom. The Labute approximate surface area is 127 Å². The lowest BCUT2D eigenvalue weighted by molar-refractivity contribution is -0.385. The minimum atomic E-state index is -0.322. The highest BCUT2D eigenvalue weighted by Crippen LogP contribution is 2.23. The molecule has 0 aromatic heterocycles. The molecule has 0 saturated carbocycles. The van der Waals surface area contributed by atoms with E-state index in [1.165, 1.54) is 19.4 Å². The quantitative estimate of drug-likeness (QED) is 0.638. The van der Waals surface area contributed by atoms with E-state index in [4.69, 9.17) is 0 Å². The van der Waals surface area contributed by atoms with Crippen LogP contribution in [0.2, 0.25) is 0 Å². The average molecular weight is 342 g/mol. The van der Waals surface area contributed by atoms with Gasteiger partial charge >= 0.3 is 0 Å². The molecular weight excluding hydrogens is 322 g/mol. The van der Waals surface area contributed by atoms with Crippen LogP contribution in [0.15, 0.2) is 22.7 Å². The molecule has 1 aliphatic heterocycles. The first-order valence-electron chi connectivity index (χ1n) is 6.99. The van der Waals surface area contributed by atoms with Gasteiger partial charge in [-0.1, -0.05) is 22.9 Å². The Kier molecular flexibility index (Phi) is 5.51. The van der Waals surface area contributed by atoms with Crippen LogP contribution in [0.4, 0.5) is 5.69 Å². The van der Waals surface area contributed by atoms with Crippen molar-refractivity contribution in [1.82, 2.24) is 10.2 Å². The monoisotopic (exact) mass is 341 g/mol. The molecule has 20 heavy (non-hydrogen) atoms. The number of hydrogen-bond donors (Lipinski definition) is 1. The van der Waals surface area contributed by atoms with E-state index in [1.807, 2.05) is 6.07 Å². The molecule has 1 heterocycles. The van der Waals surface area contributed by atoms with Crippen LogP contribution in [0.5, 0.6) is 0 Å². The molecule has 0 amide bonds. The lowest BCUT2D eigenvalue weighted by atomic mass is 10.1. The van der Waals surface area contributed by atoms with E-state index in [2.05, 4.69) is 33.1 Å². The Balaban J connectivity index is 1.93. The molecule has 1 fully saturated rings. The largest absolute Gasteiger partial charge is 0.311 e. The van der Waals surface area contributed by atoms with Crippen molar-refractivity contribution in [2.24, 2.45) is 0 Å². The van der Waals surface area contributed by atoms with Crippen molar-refractivity contribution in [3.8, 4) is 0 Å². The minimum Gasteiger partial charge on any atom is -0.311 e. The van der Waals surface area contributed by atoms with E-state index in [9.17, 15) is 10.1 Å². The third kappa shape index (κ3) is 3.77. The molecule has 1 saturated heterocycles. The molecule has 1 aromatic rings. The summed E-state index contributed by atoms with van der Waals surface area (Å²) >= 11 is 3.37. The van der Waals surface area contributed by atoms with Crippen molar-refractivity contribution in [1.29, 1.82) is 0 Å². The normalized spacial score (nSPS) is 19.4. The maximum absolute atomic E-state index is 11.0. The van der Waals surface area contributed by atoms with Gasteiger partial charge < -0.3 is 5.32 Å². The maximum atomic E-state index is 11.0. The van der Waals surface area contributed by atoms with Crippen LogP contribution in [0.3, 0.4) is 0 Å². The van der Waals surface area contributed by atoms with Crippen molar-refractivity contribution < 1.29 is 4.92 Å². The second kappa shape index (κ2) is 7.15. The van der Waals surface area contributed by atoms with Crippen LogP contribution in [0.1, 0.15) is 25.3 Å². The number of halogens is 1. The SMILES string of the molecule is CCN1CCCC1CNCc1cc(Br)ccc1[N+](=O)[O-]. The van der Waals surface area contributed by atoms with Gasteiger partial charge in [0.2, 0.25) is 0 Å². The molecule has 1 N–H and O–H groups in total. The summed E-state index contributed by atoms with van der Waals surface area (Å²) in [6.45, 7) is 5.84. The van der Waals surface area contributed by atoms with Gasteiger partial charge in [0, 0.05) is 35.2 Å². The molecule has 0 spiro atoms. The molecule has 0 bridgehead atoms. The number of nitro groups is 1. The summed E-state index contributed by atoms with van der Waals surface area (Å²) in [5.74, 6) is 0. The van der Waals surface area contributed by atoms with Crippen molar-refractivity contribution in [2.45, 2.75) is 32.4 Å². The van der Waals surface area contributed by atoms with E-state index in [-0.39, 0.29) is 10.6 Å². The molecule has 1 atom stereocenters. The number of nitro benzene ring substituents is 1. The number of benzene rings is 1. The van der Waals surface area contributed by atoms with Crippen molar-refractivity contribution in [2.75, 3.05) is 19.6 Å². The van der Waals surface area contributed by atoms with Gasteiger partial charge in [-0.2, -0.15) is 0 Å². The van der Waals surface area contributed by atoms with E-state index in [0.29, 0.717) is 12.6 Å². The molecule has 5 nitrogen and oxygen atoms in total. The maximum Gasteiger partial charge on any atom is 0.273 e. The summed E-state index contributed by atoms with van der Waals surface area (Å²) < 4.78 is 0.871. The number of likely N-dealkylation sites (N-methyl/N-ethyl adjacent to an activating group) is 1. The smallest absolute Gasteiger partial charge is 0.273 e. The first-order chi connectivity index (χ1) is 9.61. The van der Waals surface area contributed by atoms with Gasteiger partial charge in [0.1, 0.15) is 0 Å². The molecule has 6 heteroatoms. The fourth-order valence-corrected chi connectivity index (χ4v) is 3.20. The van der Waals surface area contributed by atoms with Gasteiger partial charge in [0.15, 0.2) is 0 Å². The van der Waals surface area contributed by atoms with Crippen LogP contribution in [-0.4, -0.2) is 35.5 Å². The minimum absolute atomic E-state index is 0.180. The van der Waals surface area contributed by atoms with Gasteiger partial charge in [-0.25, -0.2) is 0 Å². The third-order valence-corrected chi connectivity index (χ3v) is 4.33.